The van der Waals surface area contributed by atoms with E-state index in [1.165, 1.54) is 32.0 Å². The van der Waals surface area contributed by atoms with Crippen molar-refractivity contribution in [3.8, 4) is 5.75 Å². The first-order valence-corrected chi connectivity index (χ1v) is 9.36. The monoisotopic (exact) mass is 404 g/mol. The molecule has 0 atom stereocenters. The van der Waals surface area contributed by atoms with Gasteiger partial charge in [0.05, 0.1) is 17.8 Å². The summed E-state index contributed by atoms with van der Waals surface area (Å²) in [6.07, 6.45) is 0. The van der Waals surface area contributed by atoms with Gasteiger partial charge in [-0.25, -0.2) is 4.79 Å². The number of ether oxygens (including phenoxy) is 1. The van der Waals surface area contributed by atoms with Gasteiger partial charge in [-0.2, -0.15) is 0 Å². The molecule has 0 aliphatic carbocycles. The smallest absolute Gasteiger partial charge is 0.318 e. The third-order valence-electron chi connectivity index (χ3n) is 3.60. The Bertz CT molecular complexity index is 858. The molecule has 28 heavy (non-hydrogen) atoms. The number of carbonyl (C=O) groups is 2. The van der Waals surface area contributed by atoms with Crippen molar-refractivity contribution >= 4 is 40.8 Å². The van der Waals surface area contributed by atoms with Gasteiger partial charge in [0.1, 0.15) is 0 Å². The molecule has 2 aromatic carbocycles. The number of amides is 3. The predicted octanol–water partition coefficient (Wildman–Crippen LogP) is 3.23. The normalized spacial score (nSPS) is 10.1. The van der Waals surface area contributed by atoms with Crippen molar-refractivity contribution in [1.29, 1.82) is 0 Å². The first kappa shape index (κ1) is 21.0. The summed E-state index contributed by atoms with van der Waals surface area (Å²) in [6, 6.07) is 11.1. The van der Waals surface area contributed by atoms with Gasteiger partial charge in [0.2, 0.25) is 5.91 Å². The molecule has 0 aromatic heterocycles. The van der Waals surface area contributed by atoms with Crippen LogP contribution in [0.4, 0.5) is 21.9 Å². The summed E-state index contributed by atoms with van der Waals surface area (Å²) in [4.78, 5) is 33.8. The first-order chi connectivity index (χ1) is 13.4. The lowest BCUT2D eigenvalue weighted by molar-refractivity contribution is -0.385. The number of nitro benzene ring substituents is 1. The summed E-state index contributed by atoms with van der Waals surface area (Å²) in [5, 5.41) is 18.9. The number of hydrogen-bond donors (Lipinski definition) is 3. The fraction of sp³-hybridized carbons (Fsp3) is 0.222. The second-order valence-corrected chi connectivity index (χ2v) is 6.57. The summed E-state index contributed by atoms with van der Waals surface area (Å²) in [5.74, 6) is 0.650. The zero-order chi connectivity index (χ0) is 20.5. The topological polar surface area (TPSA) is 123 Å². The molecule has 3 N–H and O–H groups in total. The fourth-order valence-corrected chi connectivity index (χ4v) is 3.03. The Kier molecular flexibility index (Phi) is 7.64. The van der Waals surface area contributed by atoms with Gasteiger partial charge in [0, 0.05) is 30.2 Å². The Morgan fingerprint density at radius 2 is 1.75 bits per heavy atom. The van der Waals surface area contributed by atoms with E-state index in [1.807, 2.05) is 0 Å². The van der Waals surface area contributed by atoms with Crippen molar-refractivity contribution in [2.24, 2.45) is 0 Å². The van der Waals surface area contributed by atoms with Gasteiger partial charge < -0.3 is 20.7 Å². The molecule has 148 valence electrons. The number of carbonyl (C=O) groups excluding carboxylic acids is 2. The van der Waals surface area contributed by atoms with Crippen LogP contribution in [0.3, 0.4) is 0 Å². The second kappa shape index (κ2) is 10.2. The van der Waals surface area contributed by atoms with Crippen LogP contribution < -0.4 is 20.7 Å². The number of nitro groups is 1. The Labute approximate surface area is 166 Å². The van der Waals surface area contributed by atoms with Gasteiger partial charge in [0.25, 0.3) is 0 Å². The molecular weight excluding hydrogens is 384 g/mol. The number of methoxy groups -OCH3 is 1. The Balaban J connectivity index is 1.83. The van der Waals surface area contributed by atoms with Gasteiger partial charge in [-0.3, -0.25) is 14.9 Å². The zero-order valence-electron chi connectivity index (χ0n) is 15.4. The highest BCUT2D eigenvalue weighted by molar-refractivity contribution is 7.99. The second-order valence-electron chi connectivity index (χ2n) is 5.59. The molecule has 0 bridgehead atoms. The lowest BCUT2D eigenvalue weighted by atomic mass is 10.2. The lowest BCUT2D eigenvalue weighted by Crippen LogP contribution is -2.24. The van der Waals surface area contributed by atoms with E-state index in [-0.39, 0.29) is 29.1 Å². The van der Waals surface area contributed by atoms with Crippen molar-refractivity contribution in [1.82, 2.24) is 5.32 Å². The summed E-state index contributed by atoms with van der Waals surface area (Å²) in [5.41, 5.74) is 1.84. The van der Waals surface area contributed by atoms with Crippen molar-refractivity contribution in [3.63, 3.8) is 0 Å². The molecule has 0 radical (unpaired) electrons. The summed E-state index contributed by atoms with van der Waals surface area (Å²) in [6.45, 7) is 0. The SMILES string of the molecule is CNC(=O)Nc1ccc(NC(=O)CSCc2ccc(OC)c([N+](=O)[O-])c2)cc1. The Hall–Kier alpha value is -3.27. The van der Waals surface area contributed by atoms with Gasteiger partial charge in [-0.15, -0.1) is 11.8 Å². The van der Waals surface area contributed by atoms with Crippen molar-refractivity contribution in [3.05, 3.63) is 58.1 Å². The molecule has 0 saturated heterocycles. The summed E-state index contributed by atoms with van der Waals surface area (Å²) in [7, 11) is 2.90. The highest BCUT2D eigenvalue weighted by atomic mass is 32.2. The largest absolute Gasteiger partial charge is 0.490 e. The number of nitrogens with zero attached hydrogens (tertiary/aromatic N) is 1. The molecule has 0 saturated carbocycles. The molecule has 2 rings (SSSR count). The van der Waals surface area contributed by atoms with E-state index in [2.05, 4.69) is 16.0 Å². The van der Waals surface area contributed by atoms with Crippen LogP contribution in [0.5, 0.6) is 5.75 Å². The van der Waals surface area contributed by atoms with Crippen LogP contribution in [0.2, 0.25) is 0 Å². The third kappa shape index (κ3) is 6.16. The van der Waals surface area contributed by atoms with E-state index in [0.29, 0.717) is 17.1 Å². The molecule has 0 fully saturated rings. The highest BCUT2D eigenvalue weighted by Crippen LogP contribution is 2.29. The van der Waals surface area contributed by atoms with Crippen LogP contribution in [0.1, 0.15) is 5.56 Å². The number of urea groups is 1. The van der Waals surface area contributed by atoms with Crippen molar-refractivity contribution in [2.45, 2.75) is 5.75 Å². The van der Waals surface area contributed by atoms with Crippen molar-refractivity contribution < 1.29 is 19.2 Å². The summed E-state index contributed by atoms with van der Waals surface area (Å²) >= 11 is 1.34. The minimum atomic E-state index is -0.498. The van der Waals surface area contributed by atoms with Gasteiger partial charge in [-0.05, 0) is 35.9 Å². The minimum absolute atomic E-state index is 0.101. The van der Waals surface area contributed by atoms with Gasteiger partial charge in [0.15, 0.2) is 5.75 Å². The Morgan fingerprint density at radius 3 is 2.32 bits per heavy atom. The number of nitrogens with one attached hydrogen (secondary N) is 3. The zero-order valence-corrected chi connectivity index (χ0v) is 16.2. The molecule has 0 spiro atoms. The van der Waals surface area contributed by atoms with E-state index in [9.17, 15) is 19.7 Å². The molecule has 9 nitrogen and oxygen atoms in total. The van der Waals surface area contributed by atoms with Crippen LogP contribution in [-0.2, 0) is 10.5 Å². The molecule has 3 amide bonds. The maximum Gasteiger partial charge on any atom is 0.318 e. The molecular formula is C18H20N4O5S. The Morgan fingerprint density at radius 1 is 1.11 bits per heavy atom. The molecule has 0 aliphatic rings. The molecule has 10 heteroatoms. The predicted molar refractivity (Wildman–Crippen MR) is 109 cm³/mol. The lowest BCUT2D eigenvalue weighted by Gasteiger charge is -2.08. The number of rotatable bonds is 8. The third-order valence-corrected chi connectivity index (χ3v) is 4.60. The highest BCUT2D eigenvalue weighted by Gasteiger charge is 2.15. The van der Waals surface area contributed by atoms with E-state index in [0.717, 1.165) is 5.56 Å². The van der Waals surface area contributed by atoms with Gasteiger partial charge in [-0.1, -0.05) is 6.07 Å². The average Bonchev–Trinajstić information content (AvgIpc) is 2.69. The van der Waals surface area contributed by atoms with E-state index < -0.39 is 4.92 Å². The van der Waals surface area contributed by atoms with E-state index in [4.69, 9.17) is 4.74 Å². The first-order valence-electron chi connectivity index (χ1n) is 8.20. The van der Waals surface area contributed by atoms with Crippen LogP contribution in [0.15, 0.2) is 42.5 Å². The average molecular weight is 404 g/mol. The summed E-state index contributed by atoms with van der Waals surface area (Å²) < 4.78 is 4.97. The maximum atomic E-state index is 12.0. The quantitative estimate of drug-likeness (QED) is 0.459. The van der Waals surface area contributed by atoms with E-state index >= 15 is 0 Å². The van der Waals surface area contributed by atoms with Crippen LogP contribution in [0, 0.1) is 10.1 Å². The minimum Gasteiger partial charge on any atom is -0.490 e. The molecule has 0 heterocycles. The molecule has 2 aromatic rings. The standard InChI is InChI=1S/C18H20N4O5S/c1-19-18(24)21-14-6-4-13(5-7-14)20-17(23)11-28-10-12-3-8-16(27-2)15(9-12)22(25)26/h3-9H,10-11H2,1-2H3,(H,20,23)(H2,19,21,24). The number of anilines is 2. The number of benzene rings is 2. The molecule has 0 unspecified atom stereocenters. The maximum absolute atomic E-state index is 12.0. The van der Waals surface area contributed by atoms with Crippen molar-refractivity contribution in [2.75, 3.05) is 30.5 Å². The fourth-order valence-electron chi connectivity index (χ4n) is 2.26. The number of thioether (sulfide) groups is 1. The molecule has 0 aliphatic heterocycles. The van der Waals surface area contributed by atoms with Crippen LogP contribution in [-0.4, -0.2) is 36.8 Å². The van der Waals surface area contributed by atoms with Gasteiger partial charge >= 0.3 is 11.7 Å². The van der Waals surface area contributed by atoms with Crippen LogP contribution in [0.25, 0.3) is 0 Å². The van der Waals surface area contributed by atoms with Crippen LogP contribution >= 0.6 is 11.8 Å². The number of hydrogen-bond acceptors (Lipinski definition) is 6. The van der Waals surface area contributed by atoms with E-state index in [1.54, 1.807) is 36.4 Å².